The van der Waals surface area contributed by atoms with Crippen LogP contribution in [0.15, 0.2) is 82.8 Å². The van der Waals surface area contributed by atoms with E-state index in [0.717, 1.165) is 11.3 Å². The Morgan fingerprint density at radius 2 is 1.68 bits per heavy atom. The molecule has 0 aromatic heterocycles. The smallest absolute Gasteiger partial charge is 0.434 e. The van der Waals surface area contributed by atoms with Gasteiger partial charge in [0.25, 0.3) is 0 Å². The van der Waals surface area contributed by atoms with Crippen LogP contribution in [0.1, 0.15) is 39.7 Å². The van der Waals surface area contributed by atoms with E-state index in [4.69, 9.17) is 15.7 Å². The lowest BCUT2D eigenvalue weighted by Crippen LogP contribution is -2.53. The molecule has 41 heavy (non-hydrogen) atoms. The van der Waals surface area contributed by atoms with Gasteiger partial charge in [0.05, 0.1) is 10.6 Å². The quantitative estimate of drug-likeness (QED) is 0.145. The number of nitrogens with zero attached hydrogens (tertiary/aromatic N) is 3. The van der Waals surface area contributed by atoms with Crippen molar-refractivity contribution >= 4 is 39.2 Å². The Kier molecular flexibility index (Phi) is 9.61. The van der Waals surface area contributed by atoms with Gasteiger partial charge in [-0.05, 0) is 63.1 Å². The summed E-state index contributed by atoms with van der Waals surface area (Å²) in [6.45, 7) is 7.14. The number of rotatable bonds is 7. The molecule has 0 saturated carbocycles. The molecule has 218 valence electrons. The minimum atomic E-state index is -3.45. The van der Waals surface area contributed by atoms with Gasteiger partial charge in [-0.1, -0.05) is 54.5 Å². The van der Waals surface area contributed by atoms with Gasteiger partial charge in [-0.15, -0.1) is 0 Å². The molecule has 4 N–H and O–H groups in total. The van der Waals surface area contributed by atoms with Gasteiger partial charge in [0.15, 0.2) is 15.7 Å². The lowest BCUT2D eigenvalue weighted by Gasteiger charge is -2.35. The maximum atomic E-state index is 13.6. The van der Waals surface area contributed by atoms with E-state index < -0.39 is 27.6 Å². The van der Waals surface area contributed by atoms with Crippen LogP contribution in [0.5, 0.6) is 0 Å². The summed E-state index contributed by atoms with van der Waals surface area (Å²) in [6.07, 6.45) is 0.860. The molecule has 3 amide bonds. The Balaban J connectivity index is 1.97. The van der Waals surface area contributed by atoms with Gasteiger partial charge in [0, 0.05) is 29.6 Å². The molecule has 3 rings (SSSR count). The van der Waals surface area contributed by atoms with Gasteiger partial charge in [-0.25, -0.2) is 23.0 Å². The molecule has 3 aromatic rings. The van der Waals surface area contributed by atoms with Crippen molar-refractivity contribution in [2.75, 3.05) is 23.1 Å². The number of amidine groups is 1. The van der Waals surface area contributed by atoms with Gasteiger partial charge in [-0.3, -0.25) is 0 Å². The highest BCUT2D eigenvalue weighted by Crippen LogP contribution is 2.29. The zero-order valence-electron chi connectivity index (χ0n) is 23.7. The van der Waals surface area contributed by atoms with Gasteiger partial charge >= 0.3 is 12.1 Å². The average molecular weight is 582 g/mol. The van der Waals surface area contributed by atoms with Crippen LogP contribution in [-0.4, -0.2) is 55.0 Å². The molecule has 0 aliphatic rings. The van der Waals surface area contributed by atoms with Crippen LogP contribution in [0, 0.1) is 0 Å². The van der Waals surface area contributed by atoms with Crippen molar-refractivity contribution in [3.05, 3.63) is 78.4 Å². The molecule has 0 spiro atoms. The summed E-state index contributed by atoms with van der Waals surface area (Å²) in [5.74, 6) is -0.167. The molecule has 0 bridgehead atoms. The van der Waals surface area contributed by atoms with E-state index >= 15 is 0 Å². The van der Waals surface area contributed by atoms with Gasteiger partial charge in [0.1, 0.15) is 5.60 Å². The van der Waals surface area contributed by atoms with E-state index in [1.54, 1.807) is 87.5 Å². The number of nitrogens with two attached hydrogens (primary N) is 1. The van der Waals surface area contributed by atoms with Crippen molar-refractivity contribution in [2.24, 2.45) is 10.9 Å². The van der Waals surface area contributed by atoms with E-state index in [0.29, 0.717) is 28.8 Å². The maximum absolute atomic E-state index is 13.6. The minimum Gasteiger partial charge on any atom is -0.442 e. The molecular weight excluding hydrogens is 546 g/mol. The Labute approximate surface area is 240 Å². The van der Waals surface area contributed by atoms with Crippen molar-refractivity contribution in [3.8, 4) is 11.1 Å². The van der Waals surface area contributed by atoms with Gasteiger partial charge < -0.3 is 21.0 Å². The first-order valence-corrected chi connectivity index (χ1v) is 14.7. The fraction of sp³-hybridized carbons (Fsp3) is 0.276. The Bertz CT molecular complexity index is 1530. The monoisotopic (exact) mass is 581 g/mol. The lowest BCUT2D eigenvalue weighted by atomic mass is 10.1. The molecule has 11 nitrogen and oxygen atoms in total. The number of amides is 3. The van der Waals surface area contributed by atoms with Crippen molar-refractivity contribution in [1.29, 1.82) is 0 Å². The van der Waals surface area contributed by atoms with Crippen molar-refractivity contribution in [2.45, 2.75) is 44.6 Å². The van der Waals surface area contributed by atoms with E-state index in [9.17, 15) is 18.0 Å². The number of hydrazine groups is 1. The standard InChI is InChI=1S/C29H35N5O6S/c1-6-18-33(34(28(36)40-29(2,3)4)23-11-9-10-21(19-23)26(30)32-37)27(35)31-22-16-14-20(15-17-22)24-12-7-8-13-25(24)41(5,38)39/h7-17,19,37H,6,18H2,1-5H3,(H2,30,32)(H,31,35). The summed E-state index contributed by atoms with van der Waals surface area (Å²) in [6, 6.07) is 19.1. The summed E-state index contributed by atoms with van der Waals surface area (Å²) in [4.78, 5) is 27.2. The van der Waals surface area contributed by atoms with Gasteiger partial charge in [0.2, 0.25) is 0 Å². The van der Waals surface area contributed by atoms with E-state index in [2.05, 4.69) is 10.5 Å². The topological polar surface area (TPSA) is 155 Å². The molecule has 0 aliphatic heterocycles. The predicted octanol–water partition coefficient (Wildman–Crippen LogP) is 5.45. The summed E-state index contributed by atoms with van der Waals surface area (Å²) >= 11 is 0. The molecule has 0 saturated heterocycles. The van der Waals surface area contributed by atoms with Crippen LogP contribution in [0.3, 0.4) is 0 Å². The molecular formula is C29H35N5O6S. The Morgan fingerprint density at radius 3 is 2.27 bits per heavy atom. The number of benzene rings is 3. The van der Waals surface area contributed by atoms with Gasteiger partial charge in [-0.2, -0.15) is 5.01 Å². The highest BCUT2D eigenvalue weighted by molar-refractivity contribution is 7.90. The summed E-state index contributed by atoms with van der Waals surface area (Å²) in [5, 5.41) is 17.3. The number of ether oxygens (including phenoxy) is 1. The van der Waals surface area contributed by atoms with Crippen LogP contribution in [0.2, 0.25) is 0 Å². The summed E-state index contributed by atoms with van der Waals surface area (Å²) < 4.78 is 30.1. The first-order valence-electron chi connectivity index (χ1n) is 12.8. The second kappa shape index (κ2) is 12.7. The first-order chi connectivity index (χ1) is 19.2. The third-order valence-electron chi connectivity index (χ3n) is 5.71. The number of urea groups is 1. The van der Waals surface area contributed by atoms with Crippen LogP contribution in [-0.2, 0) is 14.6 Å². The Hall–Kier alpha value is -4.58. The maximum Gasteiger partial charge on any atom is 0.434 e. The van der Waals surface area contributed by atoms with Crippen molar-refractivity contribution in [3.63, 3.8) is 0 Å². The predicted molar refractivity (Wildman–Crippen MR) is 159 cm³/mol. The largest absolute Gasteiger partial charge is 0.442 e. The van der Waals surface area contributed by atoms with Crippen LogP contribution in [0.25, 0.3) is 11.1 Å². The third kappa shape index (κ3) is 7.98. The average Bonchev–Trinajstić information content (AvgIpc) is 2.91. The number of hydrogen-bond donors (Lipinski definition) is 3. The number of carbonyl (C=O) groups is 2. The molecule has 0 unspecified atom stereocenters. The number of oxime groups is 1. The highest BCUT2D eigenvalue weighted by atomic mass is 32.2. The Morgan fingerprint density at radius 1 is 1.02 bits per heavy atom. The molecule has 0 atom stereocenters. The molecule has 0 aliphatic carbocycles. The zero-order chi connectivity index (χ0) is 30.4. The van der Waals surface area contributed by atoms with Crippen LogP contribution >= 0.6 is 0 Å². The fourth-order valence-corrected chi connectivity index (χ4v) is 4.87. The summed E-state index contributed by atoms with van der Waals surface area (Å²) in [5.41, 5.74) is 7.13. The minimum absolute atomic E-state index is 0.151. The highest BCUT2D eigenvalue weighted by Gasteiger charge is 2.32. The molecule has 12 heteroatoms. The number of hydrogen-bond acceptors (Lipinski definition) is 7. The SMILES string of the molecule is CCCN(C(=O)Nc1ccc(-c2ccccc2S(C)(=O)=O)cc1)N(C(=O)OC(C)(C)C)c1cccc(C(N)=NO)c1. The molecule has 3 aromatic carbocycles. The number of nitrogens with one attached hydrogen (secondary N) is 1. The zero-order valence-corrected chi connectivity index (χ0v) is 24.5. The fourth-order valence-electron chi connectivity index (χ4n) is 3.96. The normalized spacial score (nSPS) is 12.0. The number of sulfone groups is 1. The van der Waals surface area contributed by atoms with Crippen molar-refractivity contribution < 1.29 is 28.0 Å². The lowest BCUT2D eigenvalue weighted by molar-refractivity contribution is 0.0492. The molecule has 0 radical (unpaired) electrons. The summed E-state index contributed by atoms with van der Waals surface area (Å²) in [7, 11) is -3.45. The number of anilines is 2. The third-order valence-corrected chi connectivity index (χ3v) is 6.86. The van der Waals surface area contributed by atoms with Crippen LogP contribution < -0.4 is 16.1 Å². The number of carbonyl (C=O) groups excluding carboxylic acids is 2. The second-order valence-electron chi connectivity index (χ2n) is 10.2. The molecule has 0 fully saturated rings. The first kappa shape index (κ1) is 31.0. The van der Waals surface area contributed by atoms with Crippen molar-refractivity contribution in [1.82, 2.24) is 5.01 Å². The van der Waals surface area contributed by atoms with Crippen LogP contribution in [0.4, 0.5) is 21.0 Å². The second-order valence-corrected chi connectivity index (χ2v) is 12.2. The van der Waals surface area contributed by atoms with E-state index in [-0.39, 0.29) is 23.0 Å². The van der Waals surface area contributed by atoms with E-state index in [1.165, 1.54) is 11.1 Å². The molecule has 0 heterocycles. The van der Waals surface area contributed by atoms with E-state index in [1.807, 2.05) is 6.92 Å².